The van der Waals surface area contributed by atoms with Crippen LogP contribution in [0.3, 0.4) is 0 Å². The maximum absolute atomic E-state index is 12.7. The van der Waals surface area contributed by atoms with Crippen molar-refractivity contribution in [3.05, 3.63) is 87.9 Å². The highest BCUT2D eigenvalue weighted by atomic mass is 35.5. The fraction of sp³-hybridized carbons (Fsp3) is 0. The van der Waals surface area contributed by atoms with Crippen LogP contribution in [0.15, 0.2) is 77.7 Å². The third kappa shape index (κ3) is 4.55. The lowest BCUT2D eigenvalue weighted by molar-refractivity contribution is -0.384. The molecule has 31 heavy (non-hydrogen) atoms. The number of nitro benzene ring substituents is 1. The first-order valence-electron chi connectivity index (χ1n) is 8.80. The molecule has 0 aliphatic rings. The molecule has 8 nitrogen and oxygen atoms in total. The molecule has 1 heterocycles. The van der Waals surface area contributed by atoms with Crippen LogP contribution >= 0.6 is 23.1 Å². The average Bonchev–Trinajstić information content (AvgIpc) is 3.22. The van der Waals surface area contributed by atoms with Gasteiger partial charge in [0, 0.05) is 29.2 Å². The molecular formula is C20H13ClN4O4S2. The number of hydrogen-bond donors (Lipinski definition) is 1. The van der Waals surface area contributed by atoms with Gasteiger partial charge in [0.05, 0.1) is 14.8 Å². The zero-order valence-corrected chi connectivity index (χ0v) is 18.0. The Morgan fingerprint density at radius 2 is 1.65 bits per heavy atom. The van der Waals surface area contributed by atoms with Gasteiger partial charge in [-0.15, -0.1) is 0 Å². The highest BCUT2D eigenvalue weighted by Crippen LogP contribution is 2.32. The molecule has 11 heteroatoms. The van der Waals surface area contributed by atoms with Gasteiger partial charge >= 0.3 is 0 Å². The lowest BCUT2D eigenvalue weighted by Crippen LogP contribution is -2.12. The van der Waals surface area contributed by atoms with Crippen LogP contribution in [-0.2, 0) is 10.0 Å². The van der Waals surface area contributed by atoms with E-state index in [1.807, 2.05) is 30.3 Å². The van der Waals surface area contributed by atoms with Gasteiger partial charge in [-0.25, -0.2) is 8.42 Å². The molecule has 0 aliphatic heterocycles. The molecule has 3 aromatic carbocycles. The van der Waals surface area contributed by atoms with E-state index in [2.05, 4.69) is 14.1 Å². The van der Waals surface area contributed by atoms with Gasteiger partial charge in [0.2, 0.25) is 5.13 Å². The summed E-state index contributed by atoms with van der Waals surface area (Å²) in [5.41, 5.74) is 1.93. The molecular weight excluding hydrogens is 460 g/mol. The summed E-state index contributed by atoms with van der Waals surface area (Å²) in [5.74, 6) is 0.0934. The van der Waals surface area contributed by atoms with Crippen LogP contribution in [-0.4, -0.2) is 22.7 Å². The van der Waals surface area contributed by atoms with Crippen LogP contribution in [0.4, 0.5) is 10.8 Å². The Morgan fingerprint density at radius 3 is 2.32 bits per heavy atom. The SMILES string of the molecule is O=[N+]([O-])c1ccc(Cl)c(-c2nsc(NS(=O)(=O)c3ccc(-c4ccccc4)cc3)n2)c1. The third-order valence-electron chi connectivity index (χ3n) is 4.32. The number of nitrogens with zero attached hydrogens (tertiary/aromatic N) is 3. The minimum Gasteiger partial charge on any atom is -0.258 e. The normalized spacial score (nSPS) is 11.3. The molecule has 4 rings (SSSR count). The number of rotatable bonds is 6. The molecule has 0 saturated carbocycles. The van der Waals surface area contributed by atoms with E-state index in [0.29, 0.717) is 0 Å². The van der Waals surface area contributed by atoms with Crippen molar-refractivity contribution >= 4 is 44.0 Å². The molecule has 1 aromatic heterocycles. The van der Waals surface area contributed by atoms with Crippen LogP contribution in [0, 0.1) is 10.1 Å². The number of hydrogen-bond acceptors (Lipinski definition) is 7. The Labute approximate surface area is 186 Å². The summed E-state index contributed by atoms with van der Waals surface area (Å²) in [6.45, 7) is 0. The molecule has 0 saturated heterocycles. The maximum Gasteiger partial charge on any atom is 0.270 e. The number of aromatic nitrogens is 2. The lowest BCUT2D eigenvalue weighted by Gasteiger charge is -2.06. The first-order valence-corrected chi connectivity index (χ1v) is 11.4. The van der Waals surface area contributed by atoms with Crippen molar-refractivity contribution in [2.24, 2.45) is 0 Å². The van der Waals surface area contributed by atoms with Gasteiger partial charge in [0.25, 0.3) is 15.7 Å². The van der Waals surface area contributed by atoms with Gasteiger partial charge in [-0.2, -0.15) is 9.36 Å². The molecule has 0 fully saturated rings. The van der Waals surface area contributed by atoms with Crippen LogP contribution < -0.4 is 4.72 Å². The standard InChI is InChI=1S/C20H13ClN4O4S2/c21-18-11-8-15(25(26)27)12-17(18)19-22-20(30-23-19)24-31(28,29)16-9-6-14(7-10-16)13-4-2-1-3-5-13/h1-12H,(H,22,23,24). The molecule has 0 radical (unpaired) electrons. The fourth-order valence-electron chi connectivity index (χ4n) is 2.80. The number of nitro groups is 1. The topological polar surface area (TPSA) is 115 Å². The molecule has 4 aromatic rings. The maximum atomic E-state index is 12.7. The summed E-state index contributed by atoms with van der Waals surface area (Å²) >= 11 is 6.91. The zero-order valence-electron chi connectivity index (χ0n) is 15.6. The van der Waals surface area contributed by atoms with E-state index in [1.54, 1.807) is 12.1 Å². The predicted molar refractivity (Wildman–Crippen MR) is 120 cm³/mol. The molecule has 156 valence electrons. The van der Waals surface area contributed by atoms with Crippen molar-refractivity contribution in [1.29, 1.82) is 0 Å². The largest absolute Gasteiger partial charge is 0.270 e. The Kier molecular flexibility index (Phi) is 5.68. The van der Waals surface area contributed by atoms with Gasteiger partial charge in [-0.3, -0.25) is 14.8 Å². The van der Waals surface area contributed by atoms with E-state index in [9.17, 15) is 18.5 Å². The Balaban J connectivity index is 1.57. The second kappa shape index (κ2) is 8.42. The molecule has 1 N–H and O–H groups in total. The van der Waals surface area contributed by atoms with Crippen molar-refractivity contribution in [1.82, 2.24) is 9.36 Å². The van der Waals surface area contributed by atoms with Crippen LogP contribution in [0.1, 0.15) is 0 Å². The molecule has 0 spiro atoms. The van der Waals surface area contributed by atoms with Gasteiger partial charge < -0.3 is 0 Å². The number of anilines is 1. The molecule has 0 amide bonds. The third-order valence-corrected chi connectivity index (χ3v) is 6.77. The monoisotopic (exact) mass is 472 g/mol. The van der Waals surface area contributed by atoms with Crippen LogP contribution in [0.25, 0.3) is 22.5 Å². The molecule has 0 atom stereocenters. The average molecular weight is 473 g/mol. The highest BCUT2D eigenvalue weighted by Gasteiger charge is 2.19. The van der Waals surface area contributed by atoms with E-state index in [4.69, 9.17) is 11.6 Å². The molecule has 0 unspecified atom stereocenters. The van der Waals surface area contributed by atoms with E-state index in [1.165, 1.54) is 30.3 Å². The van der Waals surface area contributed by atoms with Crippen LogP contribution in [0.2, 0.25) is 5.02 Å². The number of benzene rings is 3. The number of non-ortho nitro benzene ring substituents is 1. The van der Waals surface area contributed by atoms with Crippen LogP contribution in [0.5, 0.6) is 0 Å². The first-order chi connectivity index (χ1) is 14.8. The van der Waals surface area contributed by atoms with E-state index < -0.39 is 14.9 Å². The van der Waals surface area contributed by atoms with Crippen molar-refractivity contribution < 1.29 is 13.3 Å². The van der Waals surface area contributed by atoms with Gasteiger partial charge in [0.1, 0.15) is 0 Å². The summed E-state index contributed by atoms with van der Waals surface area (Å²) in [6.07, 6.45) is 0. The lowest BCUT2D eigenvalue weighted by atomic mass is 10.1. The highest BCUT2D eigenvalue weighted by molar-refractivity contribution is 7.93. The first kappa shape index (κ1) is 20.9. The quantitative estimate of drug-likeness (QED) is 0.303. The van der Waals surface area contributed by atoms with Crippen molar-refractivity contribution in [2.45, 2.75) is 4.90 Å². The summed E-state index contributed by atoms with van der Waals surface area (Å²) in [6, 6.07) is 19.9. The van der Waals surface area contributed by atoms with Gasteiger partial charge in [0.15, 0.2) is 5.82 Å². The van der Waals surface area contributed by atoms with E-state index in [-0.39, 0.29) is 32.1 Å². The Morgan fingerprint density at radius 1 is 0.968 bits per heavy atom. The number of halogens is 1. The summed E-state index contributed by atoms with van der Waals surface area (Å²) in [5, 5.41) is 11.2. The van der Waals surface area contributed by atoms with Gasteiger partial charge in [-0.05, 0) is 29.3 Å². The Bertz CT molecular complexity index is 1360. The minimum absolute atomic E-state index is 0.0182. The van der Waals surface area contributed by atoms with Crippen molar-refractivity contribution in [3.8, 4) is 22.5 Å². The zero-order chi connectivity index (χ0) is 22.0. The fourth-order valence-corrected chi connectivity index (χ4v) is 4.81. The number of sulfonamides is 1. The summed E-state index contributed by atoms with van der Waals surface area (Å²) < 4.78 is 31.9. The van der Waals surface area contributed by atoms with Gasteiger partial charge in [-0.1, -0.05) is 54.1 Å². The van der Waals surface area contributed by atoms with Crippen molar-refractivity contribution in [3.63, 3.8) is 0 Å². The second-order valence-corrected chi connectivity index (χ2v) is 9.18. The van der Waals surface area contributed by atoms with Crippen molar-refractivity contribution in [2.75, 3.05) is 4.72 Å². The summed E-state index contributed by atoms with van der Waals surface area (Å²) in [4.78, 5) is 14.6. The summed E-state index contributed by atoms with van der Waals surface area (Å²) in [7, 11) is -3.90. The minimum atomic E-state index is -3.90. The van der Waals surface area contributed by atoms with E-state index >= 15 is 0 Å². The predicted octanol–water partition coefficient (Wildman–Crippen LogP) is 5.23. The van der Waals surface area contributed by atoms with E-state index in [0.717, 1.165) is 22.7 Å². The molecule has 0 bridgehead atoms. The smallest absolute Gasteiger partial charge is 0.258 e. The Hall–Kier alpha value is -3.34. The second-order valence-electron chi connectivity index (χ2n) is 6.34. The molecule has 0 aliphatic carbocycles. The number of nitrogens with one attached hydrogen (secondary N) is 1.